The molecule has 2 aromatic rings. The third-order valence-electron chi connectivity index (χ3n) is 3.21. The second-order valence-corrected chi connectivity index (χ2v) is 4.77. The van der Waals surface area contributed by atoms with Gasteiger partial charge in [-0.15, -0.1) is 0 Å². The van der Waals surface area contributed by atoms with Gasteiger partial charge in [0.1, 0.15) is 0 Å². The summed E-state index contributed by atoms with van der Waals surface area (Å²) in [6.07, 6.45) is 0. The van der Waals surface area contributed by atoms with Crippen LogP contribution in [-0.2, 0) is 17.9 Å². The molecule has 0 aliphatic rings. The van der Waals surface area contributed by atoms with Crippen LogP contribution >= 0.6 is 0 Å². The third-order valence-corrected chi connectivity index (χ3v) is 3.21. The van der Waals surface area contributed by atoms with E-state index in [1.165, 1.54) is 16.7 Å². The van der Waals surface area contributed by atoms with Gasteiger partial charge < -0.3 is 10.1 Å². The van der Waals surface area contributed by atoms with Gasteiger partial charge in [0, 0.05) is 19.7 Å². The van der Waals surface area contributed by atoms with Gasteiger partial charge in [-0.1, -0.05) is 54.6 Å². The van der Waals surface area contributed by atoms with Crippen LogP contribution in [0.1, 0.15) is 29.7 Å². The summed E-state index contributed by atoms with van der Waals surface area (Å²) >= 11 is 0. The SMILES string of the molecule is COCc1cccc(CN[C@H](C)c2ccccc2)c1. The summed E-state index contributed by atoms with van der Waals surface area (Å²) in [6.45, 7) is 3.73. The maximum Gasteiger partial charge on any atom is 0.0713 e. The van der Waals surface area contributed by atoms with Gasteiger partial charge in [-0.2, -0.15) is 0 Å². The molecule has 2 rings (SSSR count). The molecule has 0 saturated carbocycles. The van der Waals surface area contributed by atoms with Crippen molar-refractivity contribution in [3.8, 4) is 0 Å². The minimum Gasteiger partial charge on any atom is -0.380 e. The van der Waals surface area contributed by atoms with Crippen LogP contribution in [0.5, 0.6) is 0 Å². The molecule has 0 aliphatic heterocycles. The number of ether oxygens (including phenoxy) is 1. The van der Waals surface area contributed by atoms with Crippen molar-refractivity contribution >= 4 is 0 Å². The van der Waals surface area contributed by atoms with Gasteiger partial charge in [0.05, 0.1) is 6.61 Å². The van der Waals surface area contributed by atoms with E-state index in [9.17, 15) is 0 Å². The standard InChI is InChI=1S/C17H21NO/c1-14(17-9-4-3-5-10-17)18-12-15-7-6-8-16(11-15)13-19-2/h3-11,14,18H,12-13H2,1-2H3/t14-/m1/s1. The monoisotopic (exact) mass is 255 g/mol. The Balaban J connectivity index is 1.93. The number of nitrogens with one attached hydrogen (secondary N) is 1. The number of hydrogen-bond acceptors (Lipinski definition) is 2. The van der Waals surface area contributed by atoms with Crippen LogP contribution in [0.2, 0.25) is 0 Å². The Hall–Kier alpha value is -1.64. The van der Waals surface area contributed by atoms with E-state index in [0.717, 1.165) is 6.54 Å². The Morgan fingerprint density at radius 2 is 1.74 bits per heavy atom. The van der Waals surface area contributed by atoms with Gasteiger partial charge in [-0.25, -0.2) is 0 Å². The van der Waals surface area contributed by atoms with Crippen molar-refractivity contribution in [2.24, 2.45) is 0 Å². The summed E-state index contributed by atoms with van der Waals surface area (Å²) in [7, 11) is 1.72. The molecule has 0 bridgehead atoms. The van der Waals surface area contributed by atoms with Crippen LogP contribution < -0.4 is 5.32 Å². The van der Waals surface area contributed by atoms with Crippen molar-refractivity contribution < 1.29 is 4.74 Å². The largest absolute Gasteiger partial charge is 0.380 e. The average Bonchev–Trinajstić information content (AvgIpc) is 2.46. The maximum absolute atomic E-state index is 5.16. The normalized spacial score (nSPS) is 12.3. The lowest BCUT2D eigenvalue weighted by Gasteiger charge is -2.14. The molecule has 0 radical (unpaired) electrons. The van der Waals surface area contributed by atoms with E-state index in [1.807, 2.05) is 6.07 Å². The van der Waals surface area contributed by atoms with E-state index in [4.69, 9.17) is 4.74 Å². The quantitative estimate of drug-likeness (QED) is 0.850. The van der Waals surface area contributed by atoms with E-state index in [-0.39, 0.29) is 0 Å². The highest BCUT2D eigenvalue weighted by molar-refractivity contribution is 5.23. The van der Waals surface area contributed by atoms with E-state index in [1.54, 1.807) is 7.11 Å². The molecule has 0 saturated heterocycles. The van der Waals surface area contributed by atoms with Crippen LogP contribution in [0.15, 0.2) is 54.6 Å². The Bertz CT molecular complexity index is 496. The molecule has 0 heterocycles. The summed E-state index contributed by atoms with van der Waals surface area (Å²) in [5.74, 6) is 0. The maximum atomic E-state index is 5.16. The van der Waals surface area contributed by atoms with Crippen LogP contribution in [-0.4, -0.2) is 7.11 Å². The summed E-state index contributed by atoms with van der Waals surface area (Å²) in [5, 5.41) is 3.54. The zero-order valence-corrected chi connectivity index (χ0v) is 11.6. The Morgan fingerprint density at radius 3 is 2.47 bits per heavy atom. The molecule has 0 fully saturated rings. The zero-order chi connectivity index (χ0) is 13.5. The molecule has 100 valence electrons. The van der Waals surface area contributed by atoms with Crippen molar-refractivity contribution in [3.63, 3.8) is 0 Å². The number of rotatable bonds is 6. The van der Waals surface area contributed by atoms with Gasteiger partial charge in [0.15, 0.2) is 0 Å². The average molecular weight is 255 g/mol. The van der Waals surface area contributed by atoms with Gasteiger partial charge in [-0.05, 0) is 23.6 Å². The van der Waals surface area contributed by atoms with Crippen LogP contribution in [0.4, 0.5) is 0 Å². The number of hydrogen-bond donors (Lipinski definition) is 1. The van der Waals surface area contributed by atoms with Crippen molar-refractivity contribution in [1.29, 1.82) is 0 Å². The summed E-state index contributed by atoms with van der Waals surface area (Å²) in [6, 6.07) is 19.4. The highest BCUT2D eigenvalue weighted by Crippen LogP contribution is 2.13. The predicted octanol–water partition coefficient (Wildman–Crippen LogP) is 3.68. The van der Waals surface area contributed by atoms with E-state index in [0.29, 0.717) is 12.6 Å². The fourth-order valence-corrected chi connectivity index (χ4v) is 2.13. The van der Waals surface area contributed by atoms with Crippen LogP contribution in [0, 0.1) is 0 Å². The molecule has 2 nitrogen and oxygen atoms in total. The first-order chi connectivity index (χ1) is 9.29. The molecule has 19 heavy (non-hydrogen) atoms. The summed E-state index contributed by atoms with van der Waals surface area (Å²) in [4.78, 5) is 0. The van der Waals surface area contributed by atoms with E-state index >= 15 is 0 Å². The van der Waals surface area contributed by atoms with Gasteiger partial charge in [-0.3, -0.25) is 0 Å². The minimum atomic E-state index is 0.354. The van der Waals surface area contributed by atoms with Crippen molar-refractivity contribution in [3.05, 3.63) is 71.3 Å². The molecule has 2 aromatic carbocycles. The molecule has 0 aromatic heterocycles. The topological polar surface area (TPSA) is 21.3 Å². The minimum absolute atomic E-state index is 0.354. The van der Waals surface area contributed by atoms with E-state index < -0.39 is 0 Å². The lowest BCUT2D eigenvalue weighted by atomic mass is 10.1. The molecule has 0 aliphatic carbocycles. The molecular weight excluding hydrogens is 234 g/mol. The van der Waals surface area contributed by atoms with Crippen molar-refractivity contribution in [1.82, 2.24) is 5.32 Å². The van der Waals surface area contributed by atoms with Crippen LogP contribution in [0.25, 0.3) is 0 Å². The van der Waals surface area contributed by atoms with Gasteiger partial charge in [0.25, 0.3) is 0 Å². The lowest BCUT2D eigenvalue weighted by Crippen LogP contribution is -2.18. The second kappa shape index (κ2) is 7.07. The zero-order valence-electron chi connectivity index (χ0n) is 11.6. The number of methoxy groups -OCH3 is 1. The lowest BCUT2D eigenvalue weighted by molar-refractivity contribution is 0.185. The highest BCUT2D eigenvalue weighted by atomic mass is 16.5. The first-order valence-corrected chi connectivity index (χ1v) is 6.64. The number of benzene rings is 2. The van der Waals surface area contributed by atoms with Gasteiger partial charge in [0.2, 0.25) is 0 Å². The third kappa shape index (κ3) is 4.19. The Labute approximate surface area is 115 Å². The fraction of sp³-hybridized carbons (Fsp3) is 0.294. The molecule has 0 amide bonds. The summed E-state index contributed by atoms with van der Waals surface area (Å²) in [5.41, 5.74) is 3.82. The highest BCUT2D eigenvalue weighted by Gasteiger charge is 2.04. The molecule has 2 heteroatoms. The molecule has 1 atom stereocenters. The molecule has 0 unspecified atom stereocenters. The van der Waals surface area contributed by atoms with E-state index in [2.05, 4.69) is 60.8 Å². The molecule has 1 N–H and O–H groups in total. The first-order valence-electron chi connectivity index (χ1n) is 6.64. The molecular formula is C17H21NO. The van der Waals surface area contributed by atoms with Gasteiger partial charge >= 0.3 is 0 Å². The Kier molecular flexibility index (Phi) is 5.13. The predicted molar refractivity (Wildman–Crippen MR) is 78.9 cm³/mol. The Morgan fingerprint density at radius 1 is 1.00 bits per heavy atom. The fourth-order valence-electron chi connectivity index (χ4n) is 2.13. The molecule has 0 spiro atoms. The smallest absolute Gasteiger partial charge is 0.0713 e. The van der Waals surface area contributed by atoms with Crippen LogP contribution in [0.3, 0.4) is 0 Å². The van der Waals surface area contributed by atoms with Crippen molar-refractivity contribution in [2.75, 3.05) is 7.11 Å². The van der Waals surface area contributed by atoms with Crippen molar-refractivity contribution in [2.45, 2.75) is 26.1 Å². The first kappa shape index (κ1) is 13.8. The second-order valence-electron chi connectivity index (χ2n) is 4.77. The summed E-state index contributed by atoms with van der Waals surface area (Å²) < 4.78 is 5.16.